The van der Waals surface area contributed by atoms with E-state index < -0.39 is 0 Å². The van der Waals surface area contributed by atoms with Crippen molar-refractivity contribution in [3.8, 4) is 28.5 Å². The van der Waals surface area contributed by atoms with Crippen molar-refractivity contribution in [3.63, 3.8) is 0 Å². The quantitative estimate of drug-likeness (QED) is 0.451. The molecule has 0 fully saturated rings. The molecule has 0 unspecified atom stereocenters. The van der Waals surface area contributed by atoms with E-state index in [-0.39, 0.29) is 0 Å². The fourth-order valence-electron chi connectivity index (χ4n) is 3.17. The number of hydrogen-bond donors (Lipinski definition) is 2. The van der Waals surface area contributed by atoms with E-state index in [0.717, 1.165) is 34.4 Å². The van der Waals surface area contributed by atoms with Crippen molar-refractivity contribution in [2.45, 2.75) is 0 Å². The number of fused-ring (bicyclic) bond motifs is 2. The predicted molar refractivity (Wildman–Crippen MR) is 114 cm³/mol. The molecule has 0 radical (unpaired) electrons. The third-order valence-electron chi connectivity index (χ3n) is 4.71. The van der Waals surface area contributed by atoms with E-state index in [0.29, 0.717) is 29.5 Å². The van der Waals surface area contributed by atoms with Crippen LogP contribution in [0, 0.1) is 0 Å². The van der Waals surface area contributed by atoms with Gasteiger partial charge in [-0.15, -0.1) is 0 Å². The monoisotopic (exact) mass is 400 g/mol. The highest BCUT2D eigenvalue weighted by Gasteiger charge is 2.15. The summed E-state index contributed by atoms with van der Waals surface area (Å²) in [6.45, 7) is 1.43. The lowest BCUT2D eigenvalue weighted by Crippen LogP contribution is -2.19. The van der Waals surface area contributed by atoms with Crippen molar-refractivity contribution in [1.29, 1.82) is 0 Å². The number of ether oxygens (including phenoxy) is 1. The lowest BCUT2D eigenvalue weighted by atomic mass is 10.1. The van der Waals surface area contributed by atoms with Crippen molar-refractivity contribution in [3.05, 3.63) is 48.9 Å². The molecular weight excluding hydrogens is 380 g/mol. The van der Waals surface area contributed by atoms with E-state index in [1.807, 2.05) is 44.4 Å². The van der Waals surface area contributed by atoms with E-state index >= 15 is 0 Å². The van der Waals surface area contributed by atoms with Gasteiger partial charge >= 0.3 is 0 Å². The maximum Gasteiger partial charge on any atom is 0.178 e. The van der Waals surface area contributed by atoms with Gasteiger partial charge in [-0.1, -0.05) is 0 Å². The van der Waals surface area contributed by atoms with Crippen LogP contribution in [0.25, 0.3) is 45.0 Å². The van der Waals surface area contributed by atoms with Gasteiger partial charge in [-0.05, 0) is 44.4 Å². The average molecular weight is 400 g/mol. The summed E-state index contributed by atoms with van der Waals surface area (Å²) in [6.07, 6.45) is 5.20. The molecule has 0 aliphatic rings. The molecule has 0 amide bonds. The first-order valence-electron chi connectivity index (χ1n) is 9.56. The zero-order valence-corrected chi connectivity index (χ0v) is 16.6. The van der Waals surface area contributed by atoms with E-state index in [2.05, 4.69) is 35.0 Å². The van der Waals surface area contributed by atoms with Crippen molar-refractivity contribution >= 4 is 22.2 Å². The fourth-order valence-corrected chi connectivity index (χ4v) is 3.17. The molecule has 0 saturated carbocycles. The van der Waals surface area contributed by atoms with Crippen LogP contribution in [0.4, 0.5) is 0 Å². The Balaban J connectivity index is 1.50. The summed E-state index contributed by atoms with van der Waals surface area (Å²) in [5.41, 5.74) is 5.36. The molecule has 0 atom stereocenters. The summed E-state index contributed by atoms with van der Waals surface area (Å²) in [4.78, 5) is 23.3. The van der Waals surface area contributed by atoms with Crippen LogP contribution in [0.5, 0.6) is 5.75 Å². The Hall–Kier alpha value is -3.85. The Labute approximate surface area is 172 Å². The number of aromatic amines is 2. The van der Waals surface area contributed by atoms with Gasteiger partial charge in [0.25, 0.3) is 0 Å². The third kappa shape index (κ3) is 3.46. The van der Waals surface area contributed by atoms with Crippen molar-refractivity contribution in [2.75, 3.05) is 27.2 Å². The van der Waals surface area contributed by atoms with Gasteiger partial charge in [0, 0.05) is 24.5 Å². The molecule has 0 spiro atoms. The van der Waals surface area contributed by atoms with Gasteiger partial charge in [0.05, 0.1) is 22.9 Å². The number of aromatic nitrogens is 7. The molecule has 5 aromatic heterocycles. The van der Waals surface area contributed by atoms with Crippen LogP contribution in [-0.2, 0) is 0 Å². The fraction of sp³-hybridized carbons (Fsp3) is 0.190. The highest BCUT2D eigenvalue weighted by molar-refractivity contribution is 5.90. The van der Waals surface area contributed by atoms with Crippen LogP contribution in [0.3, 0.4) is 0 Å². The van der Waals surface area contributed by atoms with Crippen LogP contribution in [-0.4, -0.2) is 67.3 Å². The molecule has 0 aliphatic carbocycles. The Kier molecular flexibility index (Phi) is 4.56. The van der Waals surface area contributed by atoms with Gasteiger partial charge in [-0.25, -0.2) is 15.0 Å². The SMILES string of the molecule is CN(C)CCOc1cncc(-c2ccc3[nH]nc(-c4nc5ncccc5[nH]4)c3n2)c1. The number of H-pyrrole nitrogens is 2. The van der Waals surface area contributed by atoms with Crippen molar-refractivity contribution in [2.24, 2.45) is 0 Å². The number of hydrogen-bond acceptors (Lipinski definition) is 7. The van der Waals surface area contributed by atoms with E-state index in [4.69, 9.17) is 9.72 Å². The lowest BCUT2D eigenvalue weighted by Gasteiger charge is -2.11. The van der Waals surface area contributed by atoms with Crippen LogP contribution in [0.1, 0.15) is 0 Å². The number of nitrogens with zero attached hydrogens (tertiary/aromatic N) is 6. The molecule has 5 heterocycles. The molecule has 0 bridgehead atoms. The number of imidazole rings is 1. The van der Waals surface area contributed by atoms with Gasteiger partial charge in [-0.3, -0.25) is 10.1 Å². The summed E-state index contributed by atoms with van der Waals surface area (Å²) >= 11 is 0. The number of nitrogens with one attached hydrogen (secondary N) is 2. The van der Waals surface area contributed by atoms with Crippen LogP contribution < -0.4 is 4.74 Å². The second-order valence-corrected chi connectivity index (χ2v) is 7.19. The van der Waals surface area contributed by atoms with Crippen molar-refractivity contribution in [1.82, 2.24) is 40.0 Å². The summed E-state index contributed by atoms with van der Waals surface area (Å²) in [5, 5.41) is 7.44. The molecule has 2 N–H and O–H groups in total. The molecule has 0 saturated heterocycles. The van der Waals surface area contributed by atoms with Crippen LogP contribution in [0.15, 0.2) is 48.9 Å². The first-order valence-corrected chi connectivity index (χ1v) is 9.56. The summed E-state index contributed by atoms with van der Waals surface area (Å²) < 4.78 is 5.81. The molecule has 150 valence electrons. The Morgan fingerprint density at radius 1 is 1.07 bits per heavy atom. The smallest absolute Gasteiger partial charge is 0.178 e. The molecule has 30 heavy (non-hydrogen) atoms. The predicted octanol–water partition coefficient (Wildman–Crippen LogP) is 2.90. The molecular formula is C21H20N8O. The maximum absolute atomic E-state index is 5.81. The van der Waals surface area contributed by atoms with E-state index in [1.165, 1.54) is 0 Å². The van der Waals surface area contributed by atoms with Crippen LogP contribution in [0.2, 0.25) is 0 Å². The highest BCUT2D eigenvalue weighted by atomic mass is 16.5. The zero-order valence-electron chi connectivity index (χ0n) is 16.6. The minimum Gasteiger partial charge on any atom is -0.491 e. The standard InChI is InChI=1S/C21H20N8O/c1-29(2)8-9-30-14-10-13(11-22-12-14)15-5-6-16-18(24-15)19(28-27-16)21-25-17-4-3-7-23-20(17)26-21/h3-7,10-12H,8-9H2,1-2H3,(H,27,28)(H,23,25,26). The second kappa shape index (κ2) is 7.53. The van der Waals surface area contributed by atoms with Crippen molar-refractivity contribution < 1.29 is 4.74 Å². The number of likely N-dealkylation sites (N-methyl/N-ethyl adjacent to an activating group) is 1. The third-order valence-corrected chi connectivity index (χ3v) is 4.71. The molecule has 0 aliphatic heterocycles. The summed E-state index contributed by atoms with van der Waals surface area (Å²) in [7, 11) is 4.02. The van der Waals surface area contributed by atoms with Gasteiger partial charge in [0.15, 0.2) is 17.2 Å². The first kappa shape index (κ1) is 18.2. The van der Waals surface area contributed by atoms with Crippen LogP contribution >= 0.6 is 0 Å². The topological polar surface area (TPSA) is 109 Å². The second-order valence-electron chi connectivity index (χ2n) is 7.19. The maximum atomic E-state index is 5.81. The largest absolute Gasteiger partial charge is 0.491 e. The highest BCUT2D eigenvalue weighted by Crippen LogP contribution is 2.28. The molecule has 5 aromatic rings. The summed E-state index contributed by atoms with van der Waals surface area (Å²) in [6, 6.07) is 9.63. The van der Waals surface area contributed by atoms with Gasteiger partial charge < -0.3 is 14.6 Å². The minimum absolute atomic E-state index is 0.594. The number of pyridine rings is 3. The Morgan fingerprint density at radius 3 is 2.87 bits per heavy atom. The Bertz CT molecular complexity index is 1290. The average Bonchev–Trinajstić information content (AvgIpc) is 3.37. The normalized spacial score (nSPS) is 11.6. The first-order chi connectivity index (χ1) is 14.7. The number of rotatable bonds is 6. The minimum atomic E-state index is 0.594. The van der Waals surface area contributed by atoms with E-state index in [1.54, 1.807) is 18.6 Å². The lowest BCUT2D eigenvalue weighted by molar-refractivity contribution is 0.261. The van der Waals surface area contributed by atoms with E-state index in [9.17, 15) is 0 Å². The Morgan fingerprint density at radius 2 is 2.00 bits per heavy atom. The van der Waals surface area contributed by atoms with Gasteiger partial charge in [-0.2, -0.15) is 5.10 Å². The van der Waals surface area contributed by atoms with Gasteiger partial charge in [0.2, 0.25) is 0 Å². The molecule has 5 rings (SSSR count). The van der Waals surface area contributed by atoms with Gasteiger partial charge in [0.1, 0.15) is 17.9 Å². The molecule has 0 aromatic carbocycles. The zero-order chi connectivity index (χ0) is 20.5. The molecule has 9 heteroatoms. The molecule has 9 nitrogen and oxygen atoms in total. The summed E-state index contributed by atoms with van der Waals surface area (Å²) in [5.74, 6) is 1.34.